The SMILES string of the molecule is CCCC(=O)NC1CCN(Cc2nc3c(cnn3C)c(=O)[nH]2)CC1. The summed E-state index contributed by atoms with van der Waals surface area (Å²) in [6, 6.07) is 0.256. The zero-order valence-electron chi connectivity index (χ0n) is 14.2. The predicted octanol–water partition coefficient (Wildman–Crippen LogP) is 0.537. The third-order valence-corrected chi connectivity index (χ3v) is 4.45. The molecule has 0 atom stereocenters. The number of nitrogens with zero attached hydrogens (tertiary/aromatic N) is 4. The van der Waals surface area contributed by atoms with Gasteiger partial charge in [-0.15, -0.1) is 0 Å². The van der Waals surface area contributed by atoms with E-state index in [-0.39, 0.29) is 17.5 Å². The Morgan fingerprint density at radius 1 is 1.42 bits per heavy atom. The third-order valence-electron chi connectivity index (χ3n) is 4.45. The summed E-state index contributed by atoms with van der Waals surface area (Å²) in [7, 11) is 1.78. The Kier molecular flexibility index (Phi) is 4.94. The van der Waals surface area contributed by atoms with E-state index < -0.39 is 0 Å². The van der Waals surface area contributed by atoms with Gasteiger partial charge in [0.2, 0.25) is 5.91 Å². The molecule has 1 aliphatic rings. The van der Waals surface area contributed by atoms with Crippen LogP contribution in [0.15, 0.2) is 11.0 Å². The second-order valence-electron chi connectivity index (χ2n) is 6.39. The van der Waals surface area contributed by atoms with Crippen LogP contribution in [-0.4, -0.2) is 49.7 Å². The van der Waals surface area contributed by atoms with Crippen molar-refractivity contribution in [3.8, 4) is 0 Å². The summed E-state index contributed by atoms with van der Waals surface area (Å²) < 4.78 is 1.61. The number of carbonyl (C=O) groups excluding carboxylic acids is 1. The van der Waals surface area contributed by atoms with E-state index in [0.29, 0.717) is 29.8 Å². The number of carbonyl (C=O) groups is 1. The van der Waals surface area contributed by atoms with Gasteiger partial charge in [0.15, 0.2) is 5.65 Å². The fourth-order valence-corrected chi connectivity index (χ4v) is 3.13. The minimum absolute atomic E-state index is 0.142. The fourth-order valence-electron chi connectivity index (χ4n) is 3.13. The molecule has 8 heteroatoms. The number of aryl methyl sites for hydroxylation is 1. The van der Waals surface area contributed by atoms with Crippen molar-refractivity contribution >= 4 is 16.9 Å². The summed E-state index contributed by atoms with van der Waals surface area (Å²) >= 11 is 0. The largest absolute Gasteiger partial charge is 0.353 e. The molecular formula is C16H24N6O2. The van der Waals surface area contributed by atoms with Gasteiger partial charge >= 0.3 is 0 Å². The Bertz CT molecular complexity index is 772. The molecule has 1 fully saturated rings. The summed E-state index contributed by atoms with van der Waals surface area (Å²) in [6.45, 7) is 4.37. The molecule has 0 radical (unpaired) electrons. The van der Waals surface area contributed by atoms with Crippen LogP contribution in [0.1, 0.15) is 38.4 Å². The molecule has 2 aromatic rings. The molecule has 0 spiro atoms. The molecule has 130 valence electrons. The van der Waals surface area contributed by atoms with Crippen molar-refractivity contribution in [2.75, 3.05) is 13.1 Å². The number of piperidine rings is 1. The number of rotatable bonds is 5. The van der Waals surface area contributed by atoms with Crippen molar-refractivity contribution in [2.45, 2.75) is 45.2 Å². The lowest BCUT2D eigenvalue weighted by Gasteiger charge is -2.31. The summed E-state index contributed by atoms with van der Waals surface area (Å²) in [5.41, 5.74) is 0.459. The highest BCUT2D eigenvalue weighted by atomic mass is 16.1. The van der Waals surface area contributed by atoms with Gasteiger partial charge in [-0.3, -0.25) is 19.2 Å². The van der Waals surface area contributed by atoms with Gasteiger partial charge < -0.3 is 10.3 Å². The average Bonchev–Trinajstić information content (AvgIpc) is 2.91. The maximum absolute atomic E-state index is 12.1. The minimum atomic E-state index is -0.148. The van der Waals surface area contributed by atoms with Crippen LogP contribution < -0.4 is 10.9 Å². The normalized spacial score (nSPS) is 16.6. The number of hydrogen-bond acceptors (Lipinski definition) is 5. The third kappa shape index (κ3) is 3.64. The molecule has 3 heterocycles. The molecule has 2 aromatic heterocycles. The van der Waals surface area contributed by atoms with Gasteiger partial charge in [-0.2, -0.15) is 5.10 Å². The topological polar surface area (TPSA) is 95.9 Å². The summed E-state index contributed by atoms with van der Waals surface area (Å²) in [4.78, 5) is 33.4. The number of H-pyrrole nitrogens is 1. The maximum Gasteiger partial charge on any atom is 0.262 e. The van der Waals surface area contributed by atoms with Crippen molar-refractivity contribution in [2.24, 2.45) is 7.05 Å². The van der Waals surface area contributed by atoms with E-state index >= 15 is 0 Å². The first kappa shape index (κ1) is 16.6. The molecule has 0 unspecified atom stereocenters. The lowest BCUT2D eigenvalue weighted by Crippen LogP contribution is -2.44. The maximum atomic E-state index is 12.1. The van der Waals surface area contributed by atoms with Crippen LogP contribution in [0.5, 0.6) is 0 Å². The van der Waals surface area contributed by atoms with E-state index in [4.69, 9.17) is 0 Å². The van der Waals surface area contributed by atoms with Gasteiger partial charge in [-0.1, -0.05) is 6.92 Å². The van der Waals surface area contributed by atoms with Crippen molar-refractivity contribution in [3.63, 3.8) is 0 Å². The Morgan fingerprint density at radius 2 is 2.17 bits per heavy atom. The molecule has 1 saturated heterocycles. The van der Waals surface area contributed by atoms with Crippen molar-refractivity contribution in [3.05, 3.63) is 22.4 Å². The van der Waals surface area contributed by atoms with Crippen molar-refractivity contribution in [1.29, 1.82) is 0 Å². The number of likely N-dealkylation sites (tertiary alicyclic amines) is 1. The Hall–Kier alpha value is -2.22. The van der Waals surface area contributed by atoms with Crippen molar-refractivity contribution in [1.82, 2.24) is 30.0 Å². The first-order valence-corrected chi connectivity index (χ1v) is 8.49. The summed E-state index contributed by atoms with van der Waals surface area (Å²) in [5.74, 6) is 0.799. The van der Waals surface area contributed by atoms with Crippen LogP contribution in [0.25, 0.3) is 11.0 Å². The van der Waals surface area contributed by atoms with E-state index in [1.54, 1.807) is 11.7 Å². The van der Waals surface area contributed by atoms with Gasteiger partial charge in [-0.25, -0.2) is 4.98 Å². The number of aromatic nitrogens is 4. The Morgan fingerprint density at radius 3 is 2.88 bits per heavy atom. The van der Waals surface area contributed by atoms with Crippen LogP contribution in [0.4, 0.5) is 0 Å². The van der Waals surface area contributed by atoms with E-state index in [1.165, 1.54) is 6.20 Å². The molecule has 8 nitrogen and oxygen atoms in total. The van der Waals surface area contributed by atoms with E-state index in [2.05, 4.69) is 25.3 Å². The zero-order chi connectivity index (χ0) is 17.1. The number of aromatic amines is 1. The van der Waals surface area contributed by atoms with Gasteiger partial charge in [0, 0.05) is 32.6 Å². The van der Waals surface area contributed by atoms with Crippen molar-refractivity contribution < 1.29 is 4.79 Å². The highest BCUT2D eigenvalue weighted by Gasteiger charge is 2.21. The fraction of sp³-hybridized carbons (Fsp3) is 0.625. The monoisotopic (exact) mass is 332 g/mol. The molecule has 0 aliphatic carbocycles. The second kappa shape index (κ2) is 7.12. The standard InChI is InChI=1S/C16H24N6O2/c1-3-4-14(23)18-11-5-7-22(8-6-11)10-13-19-15-12(16(24)20-13)9-17-21(15)2/h9,11H,3-8,10H2,1-2H3,(H,18,23)(H,19,20,24). The summed E-state index contributed by atoms with van der Waals surface area (Å²) in [6.07, 6.45) is 4.85. The smallest absolute Gasteiger partial charge is 0.262 e. The van der Waals surface area contributed by atoms with Crippen LogP contribution >= 0.6 is 0 Å². The molecule has 0 aromatic carbocycles. The van der Waals surface area contributed by atoms with E-state index in [0.717, 1.165) is 32.4 Å². The molecule has 2 N–H and O–H groups in total. The first-order chi connectivity index (χ1) is 11.6. The quantitative estimate of drug-likeness (QED) is 0.833. The lowest BCUT2D eigenvalue weighted by molar-refractivity contribution is -0.122. The van der Waals surface area contributed by atoms with Gasteiger partial charge in [0.1, 0.15) is 11.2 Å². The average molecular weight is 332 g/mol. The van der Waals surface area contributed by atoms with Gasteiger partial charge in [0.25, 0.3) is 5.56 Å². The molecule has 24 heavy (non-hydrogen) atoms. The molecule has 0 bridgehead atoms. The van der Waals surface area contributed by atoms with E-state index in [1.807, 2.05) is 6.92 Å². The van der Waals surface area contributed by atoms with Crippen LogP contribution in [-0.2, 0) is 18.4 Å². The number of amides is 1. The minimum Gasteiger partial charge on any atom is -0.353 e. The van der Waals surface area contributed by atoms with Gasteiger partial charge in [-0.05, 0) is 19.3 Å². The van der Waals surface area contributed by atoms with Crippen LogP contribution in [0.3, 0.4) is 0 Å². The zero-order valence-corrected chi connectivity index (χ0v) is 14.2. The number of nitrogens with one attached hydrogen (secondary N) is 2. The first-order valence-electron chi connectivity index (χ1n) is 8.49. The van der Waals surface area contributed by atoms with Gasteiger partial charge in [0.05, 0.1) is 12.7 Å². The molecule has 3 rings (SSSR count). The molecule has 0 saturated carbocycles. The molecular weight excluding hydrogens is 308 g/mol. The van der Waals surface area contributed by atoms with Crippen LogP contribution in [0, 0.1) is 0 Å². The lowest BCUT2D eigenvalue weighted by atomic mass is 10.0. The molecule has 1 amide bonds. The second-order valence-corrected chi connectivity index (χ2v) is 6.39. The Labute approximate surface area is 140 Å². The van der Waals surface area contributed by atoms with Crippen LogP contribution in [0.2, 0.25) is 0 Å². The number of hydrogen-bond donors (Lipinski definition) is 2. The highest BCUT2D eigenvalue weighted by Crippen LogP contribution is 2.13. The predicted molar refractivity (Wildman–Crippen MR) is 90.5 cm³/mol. The number of fused-ring (bicyclic) bond motifs is 1. The van der Waals surface area contributed by atoms with E-state index in [9.17, 15) is 9.59 Å². The highest BCUT2D eigenvalue weighted by molar-refractivity contribution is 5.76. The molecule has 1 aliphatic heterocycles. The summed E-state index contributed by atoms with van der Waals surface area (Å²) in [5, 5.41) is 7.68. The Balaban J connectivity index is 1.59.